The van der Waals surface area contributed by atoms with Crippen LogP contribution in [-0.2, 0) is 0 Å². The summed E-state index contributed by atoms with van der Waals surface area (Å²) in [5.41, 5.74) is 8.74. The van der Waals surface area contributed by atoms with E-state index in [0.29, 0.717) is 11.1 Å². The maximum absolute atomic E-state index is 14.1. The standard InChI is InChI=1S/C12H13FO2S.2C12H14OS.2C11H12OS.C10H10OS/c1-6-7(2)16-12-9(15-4)5-8(14-3)11(13)10(6)12;2*1-7-5-10-8(2)9(3)14-12(10)11(6-7)13-4;2*1-7-4-9-6-8(2)13-11(9)10(5-7)12-3;1-7-6-8-4-3-5-9(11-2)10(8)12-7/h5H,1-4H3;2*5-6H,1-4H3;2*4-6H,1-3H3;3-6H,1-2H3. The van der Waals surface area contributed by atoms with E-state index in [4.69, 9.17) is 33.2 Å². The molecular weight excluding hydrogens is 1140 g/mol. The first-order valence-electron chi connectivity index (χ1n) is 26.6. The first-order chi connectivity index (χ1) is 39.1. The van der Waals surface area contributed by atoms with E-state index in [0.717, 1.165) is 43.9 Å². The van der Waals surface area contributed by atoms with Gasteiger partial charge in [-0.15, -0.1) is 68.0 Å². The van der Waals surface area contributed by atoms with Crippen LogP contribution in [0.4, 0.5) is 4.39 Å². The minimum Gasteiger partial charge on any atom is -0.495 e. The Labute approximate surface area is 507 Å². The number of rotatable bonds is 7. The van der Waals surface area contributed by atoms with Gasteiger partial charge in [-0.2, -0.15) is 0 Å². The second-order valence-corrected chi connectivity index (χ2v) is 27.5. The number of aryl methyl sites for hydroxylation is 13. The van der Waals surface area contributed by atoms with Crippen LogP contribution in [0.25, 0.3) is 60.5 Å². The molecule has 12 rings (SSSR count). The van der Waals surface area contributed by atoms with Crippen LogP contribution in [0.3, 0.4) is 0 Å². The monoisotopic (exact) mass is 1210 g/mol. The number of halogens is 1. The molecular formula is C68H75FO7S6. The quantitative estimate of drug-likeness (QED) is 0.158. The zero-order valence-electron chi connectivity index (χ0n) is 50.8. The zero-order chi connectivity index (χ0) is 59.9. The highest BCUT2D eigenvalue weighted by Crippen LogP contribution is 2.43. The molecule has 0 unspecified atom stereocenters. The Morgan fingerprint density at radius 1 is 0.293 bits per heavy atom. The molecule has 12 aromatic rings. The molecule has 6 aromatic carbocycles. The van der Waals surface area contributed by atoms with Gasteiger partial charge in [-0.25, -0.2) is 4.39 Å². The average Bonchev–Trinajstić information content (AvgIpc) is 4.06. The van der Waals surface area contributed by atoms with Crippen LogP contribution in [0.2, 0.25) is 0 Å². The van der Waals surface area contributed by atoms with E-state index in [1.807, 2.05) is 48.7 Å². The molecule has 0 aliphatic rings. The van der Waals surface area contributed by atoms with Crippen molar-refractivity contribution >= 4 is 129 Å². The molecule has 14 heteroatoms. The molecule has 0 aliphatic carbocycles. The van der Waals surface area contributed by atoms with Gasteiger partial charge < -0.3 is 33.2 Å². The van der Waals surface area contributed by atoms with Gasteiger partial charge in [0.2, 0.25) is 0 Å². The molecule has 7 nitrogen and oxygen atoms in total. The second kappa shape index (κ2) is 27.8. The zero-order valence-corrected chi connectivity index (χ0v) is 55.7. The van der Waals surface area contributed by atoms with Gasteiger partial charge in [0.25, 0.3) is 0 Å². The Kier molecular flexibility index (Phi) is 21.4. The number of hydrogen-bond acceptors (Lipinski definition) is 13. The van der Waals surface area contributed by atoms with Gasteiger partial charge in [0, 0.05) is 40.7 Å². The molecule has 0 atom stereocenters. The highest BCUT2D eigenvalue weighted by molar-refractivity contribution is 7.21. The fraction of sp³-hybridized carbons (Fsp3) is 0.294. The number of benzene rings is 6. The number of fused-ring (bicyclic) bond motifs is 6. The lowest BCUT2D eigenvalue weighted by Gasteiger charge is -2.07. The van der Waals surface area contributed by atoms with E-state index in [-0.39, 0.29) is 11.6 Å². The smallest absolute Gasteiger partial charge is 0.174 e. The van der Waals surface area contributed by atoms with Gasteiger partial charge in [-0.3, -0.25) is 0 Å². The summed E-state index contributed by atoms with van der Waals surface area (Å²) >= 11 is 10.5. The predicted octanol–water partition coefficient (Wildman–Crippen LogP) is 21.6. The van der Waals surface area contributed by atoms with E-state index >= 15 is 0 Å². The average molecular weight is 1220 g/mol. The predicted molar refractivity (Wildman–Crippen MR) is 358 cm³/mol. The molecule has 6 aromatic heterocycles. The maximum atomic E-state index is 14.1. The first-order valence-corrected chi connectivity index (χ1v) is 31.5. The van der Waals surface area contributed by atoms with E-state index in [1.165, 1.54) is 115 Å². The van der Waals surface area contributed by atoms with Gasteiger partial charge in [0.15, 0.2) is 11.6 Å². The Balaban J connectivity index is 0.000000142. The Hall–Kier alpha value is -6.39. The van der Waals surface area contributed by atoms with Crippen molar-refractivity contribution in [2.45, 2.75) is 90.0 Å². The van der Waals surface area contributed by atoms with E-state index < -0.39 is 0 Å². The summed E-state index contributed by atoms with van der Waals surface area (Å²) in [5.74, 6) is 5.55. The number of hydrogen-bond donors (Lipinski definition) is 0. The van der Waals surface area contributed by atoms with Crippen molar-refractivity contribution in [1.29, 1.82) is 0 Å². The van der Waals surface area contributed by atoms with Gasteiger partial charge in [-0.1, -0.05) is 36.4 Å². The molecule has 0 fully saturated rings. The van der Waals surface area contributed by atoms with Crippen LogP contribution < -0.4 is 33.2 Å². The lowest BCUT2D eigenvalue weighted by Crippen LogP contribution is -1.92. The molecule has 0 saturated carbocycles. The highest BCUT2D eigenvalue weighted by atomic mass is 32.1. The fourth-order valence-corrected chi connectivity index (χ4v) is 15.9. The van der Waals surface area contributed by atoms with Crippen molar-refractivity contribution in [3.8, 4) is 40.2 Å². The lowest BCUT2D eigenvalue weighted by atomic mass is 10.1. The van der Waals surface area contributed by atoms with Crippen LogP contribution >= 0.6 is 68.0 Å². The summed E-state index contributed by atoms with van der Waals surface area (Å²) in [7, 11) is 11.7. The highest BCUT2D eigenvalue weighted by Gasteiger charge is 2.19. The second-order valence-electron chi connectivity index (χ2n) is 20.1. The van der Waals surface area contributed by atoms with Gasteiger partial charge in [-0.05, 0) is 204 Å². The molecule has 0 spiro atoms. The van der Waals surface area contributed by atoms with Crippen LogP contribution in [-0.4, -0.2) is 49.8 Å². The van der Waals surface area contributed by atoms with Crippen LogP contribution in [0.1, 0.15) is 68.2 Å². The minimum atomic E-state index is -0.305. The van der Waals surface area contributed by atoms with Crippen molar-refractivity contribution in [2.75, 3.05) is 49.8 Å². The van der Waals surface area contributed by atoms with Gasteiger partial charge >= 0.3 is 0 Å². The summed E-state index contributed by atoms with van der Waals surface area (Å²) in [6.07, 6.45) is 0. The summed E-state index contributed by atoms with van der Waals surface area (Å²) in [4.78, 5) is 7.85. The lowest BCUT2D eigenvalue weighted by molar-refractivity contribution is 0.378. The minimum absolute atomic E-state index is 0.227. The third kappa shape index (κ3) is 14.2. The van der Waals surface area contributed by atoms with Crippen LogP contribution in [0, 0.1) is 95.8 Å². The summed E-state index contributed by atoms with van der Waals surface area (Å²) < 4.78 is 58.2. The third-order valence-electron chi connectivity index (χ3n) is 14.0. The Morgan fingerprint density at radius 2 is 0.622 bits per heavy atom. The summed E-state index contributed by atoms with van der Waals surface area (Å²) in [5, 5.41) is 7.14. The summed E-state index contributed by atoms with van der Waals surface area (Å²) in [6.45, 7) is 27.3. The van der Waals surface area contributed by atoms with Crippen LogP contribution in [0.5, 0.6) is 40.2 Å². The molecule has 432 valence electrons. The number of ether oxygens (including phenoxy) is 7. The maximum Gasteiger partial charge on any atom is 0.174 e. The van der Waals surface area contributed by atoms with Crippen molar-refractivity contribution in [1.82, 2.24) is 0 Å². The molecule has 0 aliphatic heterocycles. The molecule has 0 N–H and O–H groups in total. The van der Waals surface area contributed by atoms with E-state index in [9.17, 15) is 4.39 Å². The van der Waals surface area contributed by atoms with Crippen LogP contribution in [0.15, 0.2) is 91.0 Å². The van der Waals surface area contributed by atoms with Crippen molar-refractivity contribution in [3.05, 3.63) is 165 Å². The number of methoxy groups -OCH3 is 7. The molecule has 0 amide bonds. The molecule has 0 saturated heterocycles. The normalized spacial score (nSPS) is 10.7. The van der Waals surface area contributed by atoms with Gasteiger partial charge in [0.1, 0.15) is 34.5 Å². The SMILES string of the molecule is COc1cc(C)cc2c(C)c(C)sc12.COc1cc(C)cc2c(C)c(C)sc12.COc1cc(C)cc2cc(C)sc12.COc1cc(C)cc2cc(C)sc12.COc1cc(OC)c2sc(C)c(C)c2c1F.COc1cccc2cc(C)sc12. The Bertz CT molecular complexity index is 4010. The van der Waals surface area contributed by atoms with Crippen molar-refractivity contribution in [2.24, 2.45) is 0 Å². The molecule has 0 bridgehead atoms. The first kappa shape index (κ1) is 63.2. The molecule has 6 heterocycles. The van der Waals surface area contributed by atoms with E-state index in [2.05, 4.69) is 149 Å². The molecule has 82 heavy (non-hydrogen) atoms. The van der Waals surface area contributed by atoms with Gasteiger partial charge in [0.05, 0.1) is 78.0 Å². The largest absolute Gasteiger partial charge is 0.495 e. The third-order valence-corrected chi connectivity index (χ3v) is 20.9. The molecule has 0 radical (unpaired) electrons. The number of thiophene rings is 6. The summed E-state index contributed by atoms with van der Waals surface area (Å²) in [6, 6.07) is 31.5. The van der Waals surface area contributed by atoms with E-state index in [1.54, 1.807) is 94.1 Å². The fourth-order valence-electron chi connectivity index (χ4n) is 9.54. The topological polar surface area (TPSA) is 64.6 Å². The Morgan fingerprint density at radius 3 is 1.02 bits per heavy atom. The van der Waals surface area contributed by atoms with Crippen molar-refractivity contribution in [3.63, 3.8) is 0 Å². The van der Waals surface area contributed by atoms with Crippen molar-refractivity contribution < 1.29 is 37.5 Å².